The van der Waals surface area contributed by atoms with Crippen LogP contribution in [0.4, 0.5) is 5.69 Å². The standard InChI is InChI=1S/C31H25NO3/c1-23-16-19-27(20-17-23)32(22-30(34)26-13-6-3-7-14-26)31(35)28-15-9-8-10-24(28)18-21-29(33)25-11-4-2-5-12-25/h2-17,19-20,29,33H,22H2,1H3. The fourth-order valence-electron chi connectivity index (χ4n) is 3.65. The minimum Gasteiger partial charge on any atom is -0.376 e. The summed E-state index contributed by atoms with van der Waals surface area (Å²) in [6, 6.07) is 32.5. The molecule has 4 aromatic rings. The van der Waals surface area contributed by atoms with Crippen molar-refractivity contribution >= 4 is 17.4 Å². The highest BCUT2D eigenvalue weighted by Crippen LogP contribution is 2.21. The van der Waals surface area contributed by atoms with Gasteiger partial charge in [0.1, 0.15) is 6.10 Å². The van der Waals surface area contributed by atoms with Crippen molar-refractivity contribution in [2.24, 2.45) is 0 Å². The minimum atomic E-state index is -0.979. The van der Waals surface area contributed by atoms with E-state index < -0.39 is 6.10 Å². The number of benzene rings is 4. The predicted octanol–water partition coefficient (Wildman–Crippen LogP) is 5.61. The molecular weight excluding hydrogens is 434 g/mol. The van der Waals surface area contributed by atoms with Gasteiger partial charge in [-0.15, -0.1) is 0 Å². The molecule has 0 saturated heterocycles. The van der Waals surface area contributed by atoms with Crippen LogP contribution in [0.2, 0.25) is 0 Å². The van der Waals surface area contributed by atoms with Gasteiger partial charge in [0.25, 0.3) is 5.91 Å². The molecule has 0 heterocycles. The lowest BCUT2D eigenvalue weighted by atomic mass is 10.0. The van der Waals surface area contributed by atoms with Crippen LogP contribution < -0.4 is 4.90 Å². The van der Waals surface area contributed by atoms with E-state index in [1.807, 2.05) is 55.5 Å². The van der Waals surface area contributed by atoms with E-state index in [0.29, 0.717) is 27.9 Å². The van der Waals surface area contributed by atoms with Gasteiger partial charge in [0.2, 0.25) is 0 Å². The summed E-state index contributed by atoms with van der Waals surface area (Å²) >= 11 is 0. The summed E-state index contributed by atoms with van der Waals surface area (Å²) in [5.74, 6) is 5.29. The van der Waals surface area contributed by atoms with E-state index in [0.717, 1.165) is 5.56 Å². The Kier molecular flexibility index (Phi) is 7.52. The van der Waals surface area contributed by atoms with E-state index in [1.54, 1.807) is 60.7 Å². The van der Waals surface area contributed by atoms with Crippen LogP contribution in [0.15, 0.2) is 109 Å². The van der Waals surface area contributed by atoms with Gasteiger partial charge in [-0.25, -0.2) is 0 Å². The lowest BCUT2D eigenvalue weighted by Crippen LogP contribution is -2.36. The van der Waals surface area contributed by atoms with Crippen LogP contribution in [0.3, 0.4) is 0 Å². The molecule has 35 heavy (non-hydrogen) atoms. The first-order valence-corrected chi connectivity index (χ1v) is 11.3. The van der Waals surface area contributed by atoms with Gasteiger partial charge >= 0.3 is 0 Å². The molecule has 4 nitrogen and oxygen atoms in total. The third-order valence-electron chi connectivity index (χ3n) is 5.60. The molecule has 1 unspecified atom stereocenters. The number of Topliss-reactive ketones (excluding diaryl/α,β-unsaturated/α-hetero) is 1. The second kappa shape index (κ2) is 11.1. The van der Waals surface area contributed by atoms with Gasteiger partial charge in [-0.3, -0.25) is 9.59 Å². The van der Waals surface area contributed by atoms with Crippen molar-refractivity contribution < 1.29 is 14.7 Å². The molecule has 4 aromatic carbocycles. The number of nitrogens with zero attached hydrogens (tertiary/aromatic N) is 1. The highest BCUT2D eigenvalue weighted by Gasteiger charge is 2.23. The summed E-state index contributed by atoms with van der Waals surface area (Å²) in [5.41, 5.74) is 3.74. The molecule has 4 heteroatoms. The first-order valence-electron chi connectivity index (χ1n) is 11.3. The molecule has 0 aliphatic carbocycles. The second-order valence-corrected chi connectivity index (χ2v) is 8.14. The van der Waals surface area contributed by atoms with Gasteiger partial charge < -0.3 is 10.0 Å². The normalized spacial score (nSPS) is 11.1. The molecule has 0 saturated carbocycles. The third kappa shape index (κ3) is 5.92. The SMILES string of the molecule is Cc1ccc(N(CC(=O)c2ccccc2)C(=O)c2ccccc2C#CC(O)c2ccccc2)cc1. The van der Waals surface area contributed by atoms with E-state index in [-0.39, 0.29) is 18.2 Å². The van der Waals surface area contributed by atoms with Crippen molar-refractivity contribution in [2.75, 3.05) is 11.4 Å². The summed E-state index contributed by atoms with van der Waals surface area (Å²) < 4.78 is 0. The van der Waals surface area contributed by atoms with E-state index in [1.165, 1.54) is 4.90 Å². The quantitative estimate of drug-likeness (QED) is 0.301. The van der Waals surface area contributed by atoms with E-state index in [9.17, 15) is 14.7 Å². The van der Waals surface area contributed by atoms with Gasteiger partial charge in [0.15, 0.2) is 5.78 Å². The summed E-state index contributed by atoms with van der Waals surface area (Å²) in [5, 5.41) is 10.5. The van der Waals surface area contributed by atoms with Gasteiger partial charge in [-0.1, -0.05) is 102 Å². The first-order chi connectivity index (χ1) is 17.0. The molecule has 0 aliphatic rings. The molecule has 0 bridgehead atoms. The fourth-order valence-corrected chi connectivity index (χ4v) is 3.65. The molecule has 0 radical (unpaired) electrons. The lowest BCUT2D eigenvalue weighted by Gasteiger charge is -2.23. The van der Waals surface area contributed by atoms with Crippen LogP contribution in [0.25, 0.3) is 0 Å². The number of hydrogen-bond donors (Lipinski definition) is 1. The van der Waals surface area contributed by atoms with Crippen LogP contribution in [-0.4, -0.2) is 23.3 Å². The first kappa shape index (κ1) is 23.7. The topological polar surface area (TPSA) is 57.6 Å². The average Bonchev–Trinajstić information content (AvgIpc) is 2.91. The third-order valence-corrected chi connectivity index (χ3v) is 5.60. The zero-order chi connectivity index (χ0) is 24.6. The van der Waals surface area contributed by atoms with E-state index >= 15 is 0 Å². The fraction of sp³-hybridized carbons (Fsp3) is 0.0968. The maximum Gasteiger partial charge on any atom is 0.259 e. The number of rotatable bonds is 6. The van der Waals surface area contributed by atoms with Crippen LogP contribution in [-0.2, 0) is 0 Å². The maximum atomic E-state index is 13.8. The number of carbonyl (C=O) groups excluding carboxylic acids is 2. The molecule has 4 rings (SSSR count). The molecular formula is C31H25NO3. The second-order valence-electron chi connectivity index (χ2n) is 8.14. The lowest BCUT2D eigenvalue weighted by molar-refractivity contribution is 0.0936. The number of anilines is 1. The molecule has 0 fully saturated rings. The summed E-state index contributed by atoms with van der Waals surface area (Å²) in [7, 11) is 0. The molecule has 0 aromatic heterocycles. The van der Waals surface area contributed by atoms with Crippen LogP contribution in [0.5, 0.6) is 0 Å². The number of aliphatic hydroxyl groups excluding tert-OH is 1. The molecule has 0 spiro atoms. The highest BCUT2D eigenvalue weighted by atomic mass is 16.3. The van der Waals surface area contributed by atoms with Gasteiger partial charge in [-0.05, 0) is 36.8 Å². The van der Waals surface area contributed by atoms with Crippen molar-refractivity contribution in [1.29, 1.82) is 0 Å². The summed E-state index contributed by atoms with van der Waals surface area (Å²) in [6.07, 6.45) is -0.979. The molecule has 1 N–H and O–H groups in total. The Morgan fingerprint density at radius 1 is 0.800 bits per heavy atom. The van der Waals surface area contributed by atoms with Crippen molar-refractivity contribution in [3.63, 3.8) is 0 Å². The predicted molar refractivity (Wildman–Crippen MR) is 138 cm³/mol. The summed E-state index contributed by atoms with van der Waals surface area (Å²) in [6.45, 7) is 1.86. The Morgan fingerprint density at radius 3 is 2.09 bits per heavy atom. The zero-order valence-corrected chi connectivity index (χ0v) is 19.4. The van der Waals surface area contributed by atoms with Crippen molar-refractivity contribution in [3.8, 4) is 11.8 Å². The van der Waals surface area contributed by atoms with Crippen molar-refractivity contribution in [1.82, 2.24) is 0 Å². The Morgan fingerprint density at radius 2 is 1.40 bits per heavy atom. The Bertz CT molecular complexity index is 1370. The molecule has 1 amide bonds. The van der Waals surface area contributed by atoms with Crippen LogP contribution >= 0.6 is 0 Å². The van der Waals surface area contributed by atoms with Crippen molar-refractivity contribution in [3.05, 3.63) is 137 Å². The monoisotopic (exact) mass is 459 g/mol. The van der Waals surface area contributed by atoms with Gasteiger partial charge in [0.05, 0.1) is 12.1 Å². The Labute approximate surface area is 205 Å². The Balaban J connectivity index is 1.68. The Hall–Kier alpha value is -4.46. The zero-order valence-electron chi connectivity index (χ0n) is 19.4. The van der Waals surface area contributed by atoms with E-state index in [2.05, 4.69) is 11.8 Å². The number of aliphatic hydroxyl groups is 1. The van der Waals surface area contributed by atoms with Crippen molar-refractivity contribution in [2.45, 2.75) is 13.0 Å². The molecule has 0 aliphatic heterocycles. The van der Waals surface area contributed by atoms with Gasteiger partial charge in [0, 0.05) is 16.8 Å². The largest absolute Gasteiger partial charge is 0.376 e. The number of aryl methyl sites for hydroxylation is 1. The van der Waals surface area contributed by atoms with Crippen LogP contribution in [0, 0.1) is 18.8 Å². The number of ketones is 1. The van der Waals surface area contributed by atoms with Gasteiger partial charge in [-0.2, -0.15) is 0 Å². The molecule has 1 atom stereocenters. The molecule has 172 valence electrons. The minimum absolute atomic E-state index is 0.111. The number of carbonyl (C=O) groups is 2. The number of amides is 1. The average molecular weight is 460 g/mol. The van der Waals surface area contributed by atoms with Crippen LogP contribution in [0.1, 0.15) is 43.5 Å². The number of hydrogen-bond acceptors (Lipinski definition) is 3. The smallest absolute Gasteiger partial charge is 0.259 e. The highest BCUT2D eigenvalue weighted by molar-refractivity contribution is 6.12. The maximum absolute atomic E-state index is 13.8. The summed E-state index contributed by atoms with van der Waals surface area (Å²) in [4.78, 5) is 28.3. The van der Waals surface area contributed by atoms with E-state index in [4.69, 9.17) is 0 Å².